The summed E-state index contributed by atoms with van der Waals surface area (Å²) in [7, 11) is 0. The SMILES string of the molecule is Cc1ccc2oc(-c3cccc(N=C/C=C/c4ccc([N+](=O)[O-])cc4)c3)nc2c1. The van der Waals surface area contributed by atoms with Crippen molar-refractivity contribution >= 4 is 34.8 Å². The van der Waals surface area contributed by atoms with E-state index in [9.17, 15) is 10.1 Å². The van der Waals surface area contributed by atoms with Crippen LogP contribution in [-0.4, -0.2) is 16.1 Å². The molecule has 0 aliphatic heterocycles. The van der Waals surface area contributed by atoms with Gasteiger partial charge in [-0.3, -0.25) is 15.1 Å². The number of allylic oxidation sites excluding steroid dienone is 1. The van der Waals surface area contributed by atoms with Gasteiger partial charge >= 0.3 is 0 Å². The lowest BCUT2D eigenvalue weighted by Crippen LogP contribution is -1.86. The molecule has 142 valence electrons. The van der Waals surface area contributed by atoms with E-state index in [1.807, 2.05) is 55.5 Å². The standard InChI is InChI=1S/C23H17N3O3/c1-16-7-12-22-21(14-16)25-23(29-22)18-5-2-6-19(15-18)24-13-3-4-17-8-10-20(11-9-17)26(27)28/h2-15H,1H3/b4-3+,24-13?. The maximum absolute atomic E-state index is 10.7. The van der Waals surface area contributed by atoms with Crippen LogP contribution in [-0.2, 0) is 0 Å². The Kier molecular flexibility index (Phi) is 4.99. The first-order valence-electron chi connectivity index (χ1n) is 9.01. The summed E-state index contributed by atoms with van der Waals surface area (Å²) in [6, 6.07) is 19.9. The highest BCUT2D eigenvalue weighted by Crippen LogP contribution is 2.27. The molecular formula is C23H17N3O3. The number of nitro benzene ring substituents is 1. The van der Waals surface area contributed by atoms with Crippen molar-refractivity contribution in [1.29, 1.82) is 0 Å². The summed E-state index contributed by atoms with van der Waals surface area (Å²) < 4.78 is 5.85. The minimum Gasteiger partial charge on any atom is -0.436 e. The fraction of sp³-hybridized carbons (Fsp3) is 0.0435. The number of aromatic nitrogens is 1. The van der Waals surface area contributed by atoms with Crippen LogP contribution in [0, 0.1) is 17.0 Å². The zero-order valence-corrected chi connectivity index (χ0v) is 15.6. The second-order valence-electron chi connectivity index (χ2n) is 6.53. The maximum Gasteiger partial charge on any atom is 0.269 e. The number of non-ortho nitro benzene ring substituents is 1. The largest absolute Gasteiger partial charge is 0.436 e. The summed E-state index contributed by atoms with van der Waals surface area (Å²) in [5.41, 5.74) is 5.28. The summed E-state index contributed by atoms with van der Waals surface area (Å²) in [6.07, 6.45) is 5.30. The van der Waals surface area contributed by atoms with Crippen molar-refractivity contribution in [2.24, 2.45) is 4.99 Å². The summed E-state index contributed by atoms with van der Waals surface area (Å²) >= 11 is 0. The van der Waals surface area contributed by atoms with Crippen molar-refractivity contribution in [3.8, 4) is 11.5 Å². The lowest BCUT2D eigenvalue weighted by Gasteiger charge is -1.97. The number of nitro groups is 1. The van der Waals surface area contributed by atoms with E-state index in [-0.39, 0.29) is 5.69 Å². The molecule has 6 nitrogen and oxygen atoms in total. The molecule has 0 aliphatic carbocycles. The molecule has 0 amide bonds. The summed E-state index contributed by atoms with van der Waals surface area (Å²) in [5.74, 6) is 0.559. The fourth-order valence-electron chi connectivity index (χ4n) is 2.87. The topological polar surface area (TPSA) is 81.5 Å². The fourth-order valence-corrected chi connectivity index (χ4v) is 2.87. The number of nitrogens with zero attached hydrogens (tertiary/aromatic N) is 3. The van der Waals surface area contributed by atoms with E-state index in [1.165, 1.54) is 12.1 Å². The average molecular weight is 383 g/mol. The molecule has 1 heterocycles. The van der Waals surface area contributed by atoms with Gasteiger partial charge in [-0.2, -0.15) is 0 Å². The van der Waals surface area contributed by atoms with Crippen molar-refractivity contribution in [3.63, 3.8) is 0 Å². The number of rotatable bonds is 5. The zero-order valence-electron chi connectivity index (χ0n) is 15.6. The van der Waals surface area contributed by atoms with Crippen LogP contribution in [0.3, 0.4) is 0 Å². The zero-order chi connectivity index (χ0) is 20.2. The van der Waals surface area contributed by atoms with Gasteiger partial charge in [0.15, 0.2) is 5.58 Å². The molecule has 0 aliphatic rings. The molecule has 1 aromatic heterocycles. The van der Waals surface area contributed by atoms with E-state index in [0.717, 1.165) is 33.5 Å². The van der Waals surface area contributed by atoms with E-state index in [2.05, 4.69) is 9.98 Å². The minimum absolute atomic E-state index is 0.0713. The summed E-state index contributed by atoms with van der Waals surface area (Å²) in [6.45, 7) is 2.02. The quantitative estimate of drug-likeness (QED) is 0.236. The Morgan fingerprint density at radius 2 is 1.90 bits per heavy atom. The van der Waals surface area contributed by atoms with Gasteiger partial charge in [0.2, 0.25) is 5.89 Å². The van der Waals surface area contributed by atoms with E-state index in [1.54, 1.807) is 24.4 Å². The van der Waals surface area contributed by atoms with Crippen LogP contribution in [0.5, 0.6) is 0 Å². The molecule has 0 saturated carbocycles. The highest BCUT2D eigenvalue weighted by atomic mass is 16.6. The molecule has 0 saturated heterocycles. The number of oxazole rings is 1. The van der Waals surface area contributed by atoms with Gasteiger partial charge < -0.3 is 4.42 Å². The Morgan fingerprint density at radius 1 is 1.07 bits per heavy atom. The smallest absolute Gasteiger partial charge is 0.269 e. The number of aliphatic imine (C=N–C) groups is 1. The first-order valence-corrected chi connectivity index (χ1v) is 9.01. The predicted molar refractivity (Wildman–Crippen MR) is 114 cm³/mol. The summed E-state index contributed by atoms with van der Waals surface area (Å²) in [5, 5.41) is 10.7. The average Bonchev–Trinajstić information content (AvgIpc) is 3.15. The van der Waals surface area contributed by atoms with Gasteiger partial charge in [0.25, 0.3) is 5.69 Å². The molecule has 3 aromatic carbocycles. The number of fused-ring (bicyclic) bond motifs is 1. The molecular weight excluding hydrogens is 366 g/mol. The molecule has 0 fully saturated rings. The van der Waals surface area contributed by atoms with Gasteiger partial charge in [0, 0.05) is 23.9 Å². The lowest BCUT2D eigenvalue weighted by molar-refractivity contribution is -0.384. The third-order valence-electron chi connectivity index (χ3n) is 4.34. The third kappa shape index (κ3) is 4.27. The van der Waals surface area contributed by atoms with Crippen LogP contribution in [0.25, 0.3) is 28.6 Å². The van der Waals surface area contributed by atoms with Gasteiger partial charge in [-0.15, -0.1) is 0 Å². The Morgan fingerprint density at radius 3 is 2.69 bits per heavy atom. The molecule has 0 atom stereocenters. The van der Waals surface area contributed by atoms with Crippen molar-refractivity contribution in [2.45, 2.75) is 6.92 Å². The molecule has 6 heteroatoms. The third-order valence-corrected chi connectivity index (χ3v) is 4.34. The van der Waals surface area contributed by atoms with Crippen LogP contribution in [0.15, 0.2) is 82.2 Å². The number of hydrogen-bond donors (Lipinski definition) is 0. The molecule has 29 heavy (non-hydrogen) atoms. The predicted octanol–water partition coefficient (Wildman–Crippen LogP) is 6.13. The highest BCUT2D eigenvalue weighted by molar-refractivity contribution is 5.81. The van der Waals surface area contributed by atoms with Gasteiger partial charge in [0.1, 0.15) is 5.52 Å². The van der Waals surface area contributed by atoms with Crippen LogP contribution < -0.4 is 0 Å². The van der Waals surface area contributed by atoms with Crippen molar-refractivity contribution < 1.29 is 9.34 Å². The first kappa shape index (κ1) is 18.3. The molecule has 4 rings (SSSR count). The van der Waals surface area contributed by atoms with Gasteiger partial charge in [-0.1, -0.05) is 18.2 Å². The van der Waals surface area contributed by atoms with Crippen molar-refractivity contribution in [1.82, 2.24) is 4.98 Å². The number of hydrogen-bond acceptors (Lipinski definition) is 5. The van der Waals surface area contributed by atoms with E-state index >= 15 is 0 Å². The van der Waals surface area contributed by atoms with Crippen molar-refractivity contribution in [2.75, 3.05) is 0 Å². The molecule has 0 radical (unpaired) electrons. The Balaban J connectivity index is 1.50. The van der Waals surface area contributed by atoms with Crippen LogP contribution in [0.4, 0.5) is 11.4 Å². The van der Waals surface area contributed by atoms with E-state index in [0.29, 0.717) is 5.89 Å². The number of benzene rings is 3. The monoisotopic (exact) mass is 383 g/mol. The Labute approximate surface area is 167 Å². The normalized spacial score (nSPS) is 11.6. The first-order chi connectivity index (χ1) is 14.1. The van der Waals surface area contributed by atoms with Gasteiger partial charge in [-0.25, -0.2) is 4.98 Å². The van der Waals surface area contributed by atoms with Crippen molar-refractivity contribution in [3.05, 3.63) is 94.0 Å². The van der Waals surface area contributed by atoms with Crippen LogP contribution in [0.1, 0.15) is 11.1 Å². The lowest BCUT2D eigenvalue weighted by atomic mass is 10.2. The van der Waals surface area contributed by atoms with Crippen LogP contribution in [0.2, 0.25) is 0 Å². The van der Waals surface area contributed by atoms with Gasteiger partial charge in [-0.05, 0) is 66.6 Å². The molecule has 0 N–H and O–H groups in total. The second kappa shape index (κ2) is 7.90. The molecule has 0 spiro atoms. The van der Waals surface area contributed by atoms with Crippen LogP contribution >= 0.6 is 0 Å². The summed E-state index contributed by atoms with van der Waals surface area (Å²) in [4.78, 5) is 19.3. The Hall–Kier alpha value is -4.06. The molecule has 4 aromatic rings. The molecule has 0 bridgehead atoms. The number of aryl methyl sites for hydroxylation is 1. The minimum atomic E-state index is -0.417. The van der Waals surface area contributed by atoms with Gasteiger partial charge in [0.05, 0.1) is 10.6 Å². The van der Waals surface area contributed by atoms with E-state index in [4.69, 9.17) is 4.42 Å². The van der Waals surface area contributed by atoms with E-state index < -0.39 is 4.92 Å². The molecule has 0 unspecified atom stereocenters. The second-order valence-corrected chi connectivity index (χ2v) is 6.53. The Bertz CT molecular complexity index is 1240. The maximum atomic E-state index is 10.7. The highest BCUT2D eigenvalue weighted by Gasteiger charge is 2.08.